The molecule has 3 heterocycles. The predicted molar refractivity (Wildman–Crippen MR) is 113 cm³/mol. The standard InChI is InChI=1S/C20H12N2O2S3/c1-12(18-19(23)22(20(25)27-18)17-3-2-10-26-17)15-8-9-16(24-15)14-6-4-13(11-21)5-7-14/h2-10H,1H3/b18-12+. The Morgan fingerprint density at radius 2 is 1.96 bits per heavy atom. The van der Waals surface area contributed by atoms with E-state index in [-0.39, 0.29) is 5.91 Å². The number of anilines is 1. The highest BCUT2D eigenvalue weighted by molar-refractivity contribution is 8.27. The lowest BCUT2D eigenvalue weighted by molar-refractivity contribution is -0.113. The second-order valence-electron chi connectivity index (χ2n) is 5.77. The molecule has 0 saturated carbocycles. The van der Waals surface area contributed by atoms with Crippen molar-refractivity contribution in [2.24, 2.45) is 0 Å². The minimum Gasteiger partial charge on any atom is -0.456 e. The zero-order chi connectivity index (χ0) is 19.0. The first-order valence-electron chi connectivity index (χ1n) is 8.00. The maximum atomic E-state index is 12.9. The van der Waals surface area contributed by atoms with Crippen molar-refractivity contribution < 1.29 is 9.21 Å². The lowest BCUT2D eigenvalue weighted by atomic mass is 10.1. The van der Waals surface area contributed by atoms with E-state index in [1.54, 1.807) is 17.0 Å². The SMILES string of the molecule is C/C(=C1\SC(=S)N(c2cccs2)C1=O)c1ccc(-c2ccc(C#N)cc2)o1. The van der Waals surface area contributed by atoms with Crippen LogP contribution in [0.1, 0.15) is 18.2 Å². The highest BCUT2D eigenvalue weighted by atomic mass is 32.2. The van der Waals surface area contributed by atoms with Crippen LogP contribution in [0, 0.1) is 11.3 Å². The van der Waals surface area contributed by atoms with E-state index < -0.39 is 0 Å². The maximum absolute atomic E-state index is 12.9. The topological polar surface area (TPSA) is 57.2 Å². The number of benzene rings is 1. The minimum atomic E-state index is -0.124. The van der Waals surface area contributed by atoms with Gasteiger partial charge in [0.05, 0.1) is 16.5 Å². The van der Waals surface area contributed by atoms with Crippen molar-refractivity contribution in [3.63, 3.8) is 0 Å². The summed E-state index contributed by atoms with van der Waals surface area (Å²) in [5, 5.41) is 11.6. The Kier molecular flexibility index (Phi) is 4.70. The van der Waals surface area contributed by atoms with Gasteiger partial charge in [-0.25, -0.2) is 0 Å². The summed E-state index contributed by atoms with van der Waals surface area (Å²) in [5.41, 5.74) is 2.23. The van der Waals surface area contributed by atoms with Gasteiger partial charge in [-0.1, -0.05) is 24.0 Å². The van der Waals surface area contributed by atoms with Crippen LogP contribution in [0.5, 0.6) is 0 Å². The number of thiocarbonyl (C=S) groups is 1. The van der Waals surface area contributed by atoms with Crippen molar-refractivity contribution in [3.8, 4) is 17.4 Å². The first-order chi connectivity index (χ1) is 13.1. The fraction of sp³-hybridized carbons (Fsp3) is 0.0500. The first kappa shape index (κ1) is 17.7. The van der Waals surface area contributed by atoms with E-state index in [0.29, 0.717) is 26.3 Å². The zero-order valence-electron chi connectivity index (χ0n) is 14.1. The van der Waals surface area contributed by atoms with Gasteiger partial charge in [0.1, 0.15) is 16.5 Å². The van der Waals surface area contributed by atoms with Gasteiger partial charge in [0.15, 0.2) is 4.32 Å². The van der Waals surface area contributed by atoms with Crippen LogP contribution in [-0.4, -0.2) is 10.2 Å². The molecule has 0 unspecified atom stereocenters. The lowest BCUT2D eigenvalue weighted by Gasteiger charge is -2.11. The number of hydrogen-bond donors (Lipinski definition) is 0. The fourth-order valence-electron chi connectivity index (χ4n) is 2.70. The molecule has 4 nitrogen and oxygen atoms in total. The fourth-order valence-corrected chi connectivity index (χ4v) is 4.86. The van der Waals surface area contributed by atoms with Crippen molar-refractivity contribution in [3.05, 3.63) is 70.1 Å². The average molecular weight is 409 g/mol. The zero-order valence-corrected chi connectivity index (χ0v) is 16.6. The molecule has 2 aromatic heterocycles. The second-order valence-corrected chi connectivity index (χ2v) is 8.34. The van der Waals surface area contributed by atoms with Crippen LogP contribution in [0.15, 0.2) is 63.2 Å². The molecule has 1 amide bonds. The van der Waals surface area contributed by atoms with E-state index in [2.05, 4.69) is 6.07 Å². The number of carbonyl (C=O) groups is 1. The molecule has 0 radical (unpaired) electrons. The molecule has 0 N–H and O–H groups in total. The highest BCUT2D eigenvalue weighted by Gasteiger charge is 2.35. The van der Waals surface area contributed by atoms with E-state index in [0.717, 1.165) is 16.1 Å². The molecule has 3 aromatic rings. The average Bonchev–Trinajstić information content (AvgIpc) is 3.42. The number of nitriles is 1. The van der Waals surface area contributed by atoms with Crippen LogP contribution in [0.3, 0.4) is 0 Å². The van der Waals surface area contributed by atoms with Gasteiger partial charge in [-0.05, 0) is 60.8 Å². The minimum absolute atomic E-state index is 0.124. The Hall–Kier alpha value is -2.66. The largest absolute Gasteiger partial charge is 0.456 e. The molecule has 7 heteroatoms. The normalized spacial score (nSPS) is 15.9. The third-order valence-electron chi connectivity index (χ3n) is 4.11. The van der Waals surface area contributed by atoms with Gasteiger partial charge in [-0.3, -0.25) is 9.69 Å². The number of furan rings is 1. The smallest absolute Gasteiger partial charge is 0.271 e. The van der Waals surface area contributed by atoms with Crippen LogP contribution in [0.25, 0.3) is 16.9 Å². The molecule has 1 aromatic carbocycles. The Morgan fingerprint density at radius 1 is 1.19 bits per heavy atom. The van der Waals surface area contributed by atoms with Crippen LogP contribution in [0.4, 0.5) is 5.00 Å². The summed E-state index contributed by atoms with van der Waals surface area (Å²) >= 11 is 8.17. The Bertz CT molecular complexity index is 1100. The van der Waals surface area contributed by atoms with Crippen molar-refractivity contribution in [2.75, 3.05) is 4.90 Å². The molecule has 27 heavy (non-hydrogen) atoms. The number of nitrogens with zero attached hydrogens (tertiary/aromatic N) is 2. The van der Waals surface area contributed by atoms with Crippen molar-refractivity contribution in [1.29, 1.82) is 5.26 Å². The molecule has 1 aliphatic heterocycles. The number of hydrogen-bond acceptors (Lipinski definition) is 6. The molecule has 1 saturated heterocycles. The molecule has 0 aliphatic carbocycles. The molecule has 0 bridgehead atoms. The summed E-state index contributed by atoms with van der Waals surface area (Å²) in [4.78, 5) is 15.0. The van der Waals surface area contributed by atoms with Crippen molar-refractivity contribution in [1.82, 2.24) is 0 Å². The van der Waals surface area contributed by atoms with E-state index in [9.17, 15) is 4.79 Å². The van der Waals surface area contributed by atoms with Gasteiger partial charge >= 0.3 is 0 Å². The summed E-state index contributed by atoms with van der Waals surface area (Å²) in [7, 11) is 0. The maximum Gasteiger partial charge on any atom is 0.271 e. The van der Waals surface area contributed by atoms with E-state index in [4.69, 9.17) is 21.9 Å². The quantitative estimate of drug-likeness (QED) is 0.412. The summed E-state index contributed by atoms with van der Waals surface area (Å²) < 4.78 is 6.49. The van der Waals surface area contributed by atoms with Crippen LogP contribution < -0.4 is 4.90 Å². The number of thiophene rings is 1. The number of thioether (sulfide) groups is 1. The van der Waals surface area contributed by atoms with Crippen molar-refractivity contribution in [2.45, 2.75) is 6.92 Å². The summed E-state index contributed by atoms with van der Waals surface area (Å²) in [6.45, 7) is 1.86. The third kappa shape index (κ3) is 3.23. The summed E-state index contributed by atoms with van der Waals surface area (Å²) in [6, 6.07) is 16.8. The first-order valence-corrected chi connectivity index (χ1v) is 10.1. The monoisotopic (exact) mass is 408 g/mol. The molecule has 0 atom stereocenters. The van der Waals surface area contributed by atoms with Gasteiger partial charge in [-0.2, -0.15) is 5.26 Å². The number of rotatable bonds is 3. The van der Waals surface area contributed by atoms with Crippen LogP contribution in [-0.2, 0) is 4.79 Å². The van der Waals surface area contributed by atoms with Gasteiger partial charge in [0.25, 0.3) is 5.91 Å². The highest BCUT2D eigenvalue weighted by Crippen LogP contribution is 2.41. The van der Waals surface area contributed by atoms with E-state index in [1.165, 1.54) is 23.1 Å². The van der Waals surface area contributed by atoms with E-state index >= 15 is 0 Å². The molecular weight excluding hydrogens is 396 g/mol. The number of carbonyl (C=O) groups excluding carboxylic acids is 1. The Balaban J connectivity index is 1.66. The van der Waals surface area contributed by atoms with Crippen molar-refractivity contribution >= 4 is 56.1 Å². The van der Waals surface area contributed by atoms with Crippen LogP contribution >= 0.6 is 35.3 Å². The molecule has 4 rings (SSSR count). The Morgan fingerprint density at radius 3 is 2.63 bits per heavy atom. The lowest BCUT2D eigenvalue weighted by Crippen LogP contribution is -2.26. The summed E-state index contributed by atoms with van der Waals surface area (Å²) in [5.74, 6) is 1.19. The van der Waals surface area contributed by atoms with Gasteiger partial charge < -0.3 is 4.42 Å². The number of allylic oxidation sites excluding steroid dienone is 1. The van der Waals surface area contributed by atoms with Gasteiger partial charge in [0.2, 0.25) is 0 Å². The third-order valence-corrected chi connectivity index (χ3v) is 6.44. The second kappa shape index (κ2) is 7.16. The molecule has 1 fully saturated rings. The molecule has 132 valence electrons. The van der Waals surface area contributed by atoms with Gasteiger partial charge in [0, 0.05) is 11.1 Å². The summed E-state index contributed by atoms with van der Waals surface area (Å²) in [6.07, 6.45) is 0. The number of amides is 1. The predicted octanol–water partition coefficient (Wildman–Crippen LogP) is 5.68. The van der Waals surface area contributed by atoms with Crippen LogP contribution in [0.2, 0.25) is 0 Å². The van der Waals surface area contributed by atoms with E-state index in [1.807, 2.05) is 48.7 Å². The van der Waals surface area contributed by atoms with Gasteiger partial charge in [-0.15, -0.1) is 11.3 Å². The Labute approximate surface area is 169 Å². The molecule has 1 aliphatic rings. The molecular formula is C20H12N2O2S3. The molecule has 0 spiro atoms.